The van der Waals surface area contributed by atoms with E-state index in [0.29, 0.717) is 17.8 Å². The highest BCUT2D eigenvalue weighted by Crippen LogP contribution is 2.19. The lowest BCUT2D eigenvalue weighted by molar-refractivity contribution is 0.650. The molecule has 0 saturated heterocycles. The lowest BCUT2D eigenvalue weighted by Gasteiger charge is -2.12. The summed E-state index contributed by atoms with van der Waals surface area (Å²) in [5, 5.41) is 17.2. The molecule has 0 saturated carbocycles. The fourth-order valence-electron chi connectivity index (χ4n) is 2.79. The summed E-state index contributed by atoms with van der Waals surface area (Å²) in [5.41, 5.74) is 8.26. The molecule has 1 aromatic heterocycles. The Balaban J connectivity index is 2.55. The van der Waals surface area contributed by atoms with Crippen LogP contribution in [0.2, 0.25) is 0 Å². The number of halogens is 1. The first kappa shape index (κ1) is 21.1. The monoisotopic (exact) mass is 377 g/mol. The van der Waals surface area contributed by atoms with E-state index in [-0.39, 0.29) is 0 Å². The first-order chi connectivity index (χ1) is 13.5. The van der Waals surface area contributed by atoms with Gasteiger partial charge in [0.15, 0.2) is 0 Å². The molecule has 0 aliphatic rings. The molecule has 2 aromatic rings. The van der Waals surface area contributed by atoms with E-state index in [0.717, 1.165) is 45.5 Å². The number of hydrogen-bond acceptors (Lipinski definition) is 5. The average molecular weight is 377 g/mol. The van der Waals surface area contributed by atoms with Gasteiger partial charge in [-0.05, 0) is 55.3 Å². The van der Waals surface area contributed by atoms with Crippen LogP contribution in [0.3, 0.4) is 0 Å². The number of fused-ring (bicyclic) bond motifs is 1. The molecule has 5 nitrogen and oxygen atoms in total. The van der Waals surface area contributed by atoms with Crippen molar-refractivity contribution in [2.75, 3.05) is 0 Å². The summed E-state index contributed by atoms with van der Waals surface area (Å²) in [7, 11) is 0. The van der Waals surface area contributed by atoms with Gasteiger partial charge in [-0.25, -0.2) is 14.4 Å². The molecular formula is C22H24FN5. The van der Waals surface area contributed by atoms with Crippen LogP contribution in [0.15, 0.2) is 54.4 Å². The van der Waals surface area contributed by atoms with Crippen LogP contribution in [-0.4, -0.2) is 22.4 Å². The molecule has 0 fully saturated rings. The molecule has 0 amide bonds. The van der Waals surface area contributed by atoms with Crippen molar-refractivity contribution in [3.8, 4) is 0 Å². The number of aromatic nitrogens is 2. The normalized spacial score (nSPS) is 14.1. The molecule has 4 N–H and O–H groups in total. The Labute approximate surface area is 163 Å². The zero-order chi connectivity index (χ0) is 20.7. The maximum absolute atomic E-state index is 13.5. The SMILES string of the molecule is C=C/C(F)=C\C(=C/C)CC(N)c1nc(=CC)c2cc(=C(C=N)C=N)ccc2n1. The third-order valence-electron chi connectivity index (χ3n) is 4.34. The lowest BCUT2D eigenvalue weighted by atomic mass is 10.0. The largest absolute Gasteiger partial charge is 0.321 e. The van der Waals surface area contributed by atoms with Crippen molar-refractivity contribution >= 4 is 35.0 Å². The second kappa shape index (κ2) is 9.62. The molecule has 0 radical (unpaired) electrons. The van der Waals surface area contributed by atoms with Crippen LogP contribution < -0.4 is 16.3 Å². The Hall–Kier alpha value is -3.25. The summed E-state index contributed by atoms with van der Waals surface area (Å²) in [6.07, 6.45) is 8.90. The van der Waals surface area contributed by atoms with Crippen molar-refractivity contribution in [2.45, 2.75) is 26.3 Å². The summed E-state index contributed by atoms with van der Waals surface area (Å²) in [4.78, 5) is 9.16. The van der Waals surface area contributed by atoms with Crippen molar-refractivity contribution < 1.29 is 4.39 Å². The second-order valence-corrected chi connectivity index (χ2v) is 6.14. The molecule has 2 rings (SSSR count). The molecule has 0 aliphatic heterocycles. The maximum Gasteiger partial charge on any atom is 0.146 e. The first-order valence-corrected chi connectivity index (χ1v) is 8.87. The van der Waals surface area contributed by atoms with Crippen LogP contribution in [0.4, 0.5) is 4.39 Å². The zero-order valence-electron chi connectivity index (χ0n) is 16.0. The summed E-state index contributed by atoms with van der Waals surface area (Å²) in [6.45, 7) is 7.11. The van der Waals surface area contributed by atoms with E-state index in [1.165, 1.54) is 6.08 Å². The van der Waals surface area contributed by atoms with Gasteiger partial charge >= 0.3 is 0 Å². The van der Waals surface area contributed by atoms with Crippen molar-refractivity contribution in [3.63, 3.8) is 0 Å². The standard InChI is InChI=1S/C22H24FN5/c1-4-14(9-17(23)5-2)10-19(26)22-27-20(6-3)18-11-15(16(12-24)13-25)7-8-21(18)28-22/h4-9,11-13,19,24-25H,2,10,26H2,1,3H3/b14-4+,16-15?,17-9+,20-6?,24-12?,25-13?. The molecule has 28 heavy (non-hydrogen) atoms. The summed E-state index contributed by atoms with van der Waals surface area (Å²) in [5.74, 6) is 0.0581. The van der Waals surface area contributed by atoms with E-state index in [2.05, 4.69) is 16.5 Å². The van der Waals surface area contributed by atoms with Crippen molar-refractivity contribution in [2.24, 2.45) is 5.73 Å². The number of rotatable bonds is 7. The molecule has 0 aliphatic carbocycles. The van der Waals surface area contributed by atoms with E-state index in [4.69, 9.17) is 16.6 Å². The molecule has 1 unspecified atom stereocenters. The minimum Gasteiger partial charge on any atom is -0.321 e. The van der Waals surface area contributed by atoms with Gasteiger partial charge in [-0.15, -0.1) is 0 Å². The molecular weight excluding hydrogens is 353 g/mol. The first-order valence-electron chi connectivity index (χ1n) is 8.87. The number of hydrogen-bond donors (Lipinski definition) is 3. The minimum atomic E-state index is -0.492. The smallest absolute Gasteiger partial charge is 0.146 e. The van der Waals surface area contributed by atoms with E-state index in [9.17, 15) is 4.39 Å². The van der Waals surface area contributed by atoms with Gasteiger partial charge in [0.2, 0.25) is 0 Å². The van der Waals surface area contributed by atoms with Gasteiger partial charge < -0.3 is 16.6 Å². The number of benzene rings is 1. The lowest BCUT2D eigenvalue weighted by Crippen LogP contribution is -2.22. The Morgan fingerprint density at radius 3 is 2.54 bits per heavy atom. The molecule has 1 heterocycles. The summed E-state index contributed by atoms with van der Waals surface area (Å²) in [6, 6.07) is 5.02. The number of nitrogens with two attached hydrogens (primary N) is 1. The highest BCUT2D eigenvalue weighted by molar-refractivity contribution is 6.26. The van der Waals surface area contributed by atoms with Crippen molar-refractivity contribution in [1.29, 1.82) is 10.8 Å². The van der Waals surface area contributed by atoms with E-state index in [1.807, 2.05) is 38.1 Å². The Bertz CT molecular complexity index is 1090. The number of nitrogens with zero attached hydrogens (tertiary/aromatic N) is 2. The third-order valence-corrected chi connectivity index (χ3v) is 4.34. The summed E-state index contributed by atoms with van der Waals surface area (Å²) < 4.78 is 13.5. The summed E-state index contributed by atoms with van der Waals surface area (Å²) >= 11 is 0. The van der Waals surface area contributed by atoms with Crippen LogP contribution in [0, 0.1) is 10.8 Å². The molecule has 0 bridgehead atoms. The van der Waals surface area contributed by atoms with Crippen LogP contribution >= 0.6 is 0 Å². The molecule has 0 spiro atoms. The fourth-order valence-corrected chi connectivity index (χ4v) is 2.79. The van der Waals surface area contributed by atoms with Gasteiger partial charge in [0.1, 0.15) is 11.7 Å². The zero-order valence-corrected chi connectivity index (χ0v) is 16.0. The average Bonchev–Trinajstić information content (AvgIpc) is 2.72. The van der Waals surface area contributed by atoms with Gasteiger partial charge in [-0.2, -0.15) is 0 Å². The quantitative estimate of drug-likeness (QED) is 0.510. The number of allylic oxidation sites excluding steroid dienone is 4. The third kappa shape index (κ3) is 4.72. The fraction of sp³-hybridized carbons (Fsp3) is 0.182. The van der Waals surface area contributed by atoms with E-state index >= 15 is 0 Å². The minimum absolute atomic E-state index is 0.393. The van der Waals surface area contributed by atoms with E-state index < -0.39 is 11.9 Å². The van der Waals surface area contributed by atoms with Crippen LogP contribution in [-0.2, 0) is 0 Å². The Morgan fingerprint density at radius 2 is 1.96 bits per heavy atom. The predicted octanol–water partition coefficient (Wildman–Crippen LogP) is 3.26. The van der Waals surface area contributed by atoms with Crippen LogP contribution in [0.25, 0.3) is 22.6 Å². The van der Waals surface area contributed by atoms with Crippen LogP contribution in [0.5, 0.6) is 0 Å². The molecule has 144 valence electrons. The molecule has 6 heteroatoms. The van der Waals surface area contributed by atoms with Crippen molar-refractivity contribution in [3.05, 3.63) is 70.8 Å². The molecule has 1 atom stereocenters. The second-order valence-electron chi connectivity index (χ2n) is 6.14. The van der Waals surface area contributed by atoms with Crippen molar-refractivity contribution in [1.82, 2.24) is 9.97 Å². The maximum atomic E-state index is 13.5. The van der Waals surface area contributed by atoms with Gasteiger partial charge in [0.05, 0.1) is 16.9 Å². The number of nitrogens with one attached hydrogen (secondary N) is 2. The Kier molecular flexibility index (Phi) is 7.23. The van der Waals surface area contributed by atoms with E-state index in [1.54, 1.807) is 6.08 Å². The highest BCUT2D eigenvalue weighted by atomic mass is 19.1. The Morgan fingerprint density at radius 1 is 1.25 bits per heavy atom. The van der Waals surface area contributed by atoms with Crippen LogP contribution in [0.1, 0.15) is 32.1 Å². The van der Waals surface area contributed by atoms with Gasteiger partial charge in [-0.1, -0.05) is 24.8 Å². The van der Waals surface area contributed by atoms with Gasteiger partial charge in [-0.3, -0.25) is 0 Å². The molecule has 1 aromatic carbocycles. The van der Waals surface area contributed by atoms with Gasteiger partial charge in [0.25, 0.3) is 0 Å². The highest BCUT2D eigenvalue weighted by Gasteiger charge is 2.13. The predicted molar refractivity (Wildman–Crippen MR) is 115 cm³/mol. The van der Waals surface area contributed by atoms with Gasteiger partial charge in [0, 0.05) is 23.4 Å². The topological polar surface area (TPSA) is 99.5 Å².